The predicted octanol–water partition coefficient (Wildman–Crippen LogP) is 4.00. The third-order valence-electron chi connectivity index (χ3n) is 3.18. The van der Waals surface area contributed by atoms with Crippen LogP contribution in [0.2, 0.25) is 0 Å². The van der Waals surface area contributed by atoms with Gasteiger partial charge in [-0.05, 0) is 33.9 Å². The number of rotatable bonds is 3. The lowest BCUT2D eigenvalue weighted by Crippen LogP contribution is -2.01. The van der Waals surface area contributed by atoms with Crippen LogP contribution >= 0.6 is 8.69 Å². The molecule has 0 bridgehead atoms. The number of hydrogen-bond donors (Lipinski definition) is 0. The highest BCUT2D eigenvalue weighted by atomic mass is 31.1. The van der Waals surface area contributed by atoms with Crippen molar-refractivity contribution in [3.63, 3.8) is 0 Å². The van der Waals surface area contributed by atoms with E-state index < -0.39 is 0 Å². The molecule has 2 aromatic carbocycles. The Bertz CT molecular complexity index is 611. The highest BCUT2D eigenvalue weighted by Gasteiger charge is 2.14. The second-order valence-electron chi connectivity index (χ2n) is 4.10. The van der Waals surface area contributed by atoms with Gasteiger partial charge < -0.3 is 0 Å². The number of allylic oxidation sites excluding steroid dienone is 1. The second kappa shape index (κ2) is 4.40. The summed E-state index contributed by atoms with van der Waals surface area (Å²) < 4.78 is 15.4. The minimum absolute atomic E-state index is 0.260. The van der Waals surface area contributed by atoms with Gasteiger partial charge in [-0.25, -0.2) is 4.57 Å². The maximum Gasteiger partial charge on any atom is 0.327 e. The van der Waals surface area contributed by atoms with Crippen molar-refractivity contribution in [2.45, 2.75) is 6.42 Å². The van der Waals surface area contributed by atoms with E-state index in [0.29, 0.717) is 6.61 Å². The molecule has 0 fully saturated rings. The Kier molecular flexibility index (Phi) is 2.76. The zero-order chi connectivity index (χ0) is 11.7. The van der Waals surface area contributed by atoms with Gasteiger partial charge in [0.15, 0.2) is 0 Å². The number of benzene rings is 2. The fourth-order valence-electron chi connectivity index (χ4n) is 2.43. The van der Waals surface area contributed by atoms with Gasteiger partial charge in [-0.3, -0.25) is 4.52 Å². The average Bonchev–Trinajstić information content (AvgIpc) is 2.39. The third-order valence-corrected chi connectivity index (χ3v) is 3.41. The minimum atomic E-state index is -0.260. The molecule has 0 spiro atoms. The molecular formula is C14H11O2P. The molecule has 84 valence electrons. The summed E-state index contributed by atoms with van der Waals surface area (Å²) in [7, 11) is -0.260. The quantitative estimate of drug-likeness (QED) is 0.760. The molecule has 0 amide bonds. The van der Waals surface area contributed by atoms with Gasteiger partial charge in [0.2, 0.25) is 0 Å². The molecule has 1 aliphatic rings. The van der Waals surface area contributed by atoms with Crippen molar-refractivity contribution in [1.29, 1.82) is 0 Å². The Morgan fingerprint density at radius 2 is 2.00 bits per heavy atom. The molecule has 2 aromatic rings. The van der Waals surface area contributed by atoms with Crippen LogP contribution in [0.25, 0.3) is 16.3 Å². The second-order valence-corrected chi connectivity index (χ2v) is 4.51. The fraction of sp³-hybridized carbons (Fsp3) is 0.143. The van der Waals surface area contributed by atoms with Crippen LogP contribution in [0.5, 0.6) is 0 Å². The highest BCUT2D eigenvalue weighted by Crippen LogP contribution is 2.33. The summed E-state index contributed by atoms with van der Waals surface area (Å²) >= 11 is 0. The van der Waals surface area contributed by atoms with E-state index >= 15 is 0 Å². The van der Waals surface area contributed by atoms with E-state index in [1.54, 1.807) is 0 Å². The molecule has 0 aliphatic heterocycles. The predicted molar refractivity (Wildman–Crippen MR) is 69.2 cm³/mol. The van der Waals surface area contributed by atoms with Crippen LogP contribution in [0.15, 0.2) is 42.5 Å². The lowest BCUT2D eigenvalue weighted by molar-refractivity contribution is 0.393. The molecule has 0 saturated heterocycles. The zero-order valence-electron chi connectivity index (χ0n) is 9.22. The van der Waals surface area contributed by atoms with E-state index in [1.165, 1.54) is 21.9 Å². The van der Waals surface area contributed by atoms with Crippen molar-refractivity contribution in [2.75, 3.05) is 6.61 Å². The molecule has 0 aromatic heterocycles. The van der Waals surface area contributed by atoms with E-state index in [9.17, 15) is 4.57 Å². The van der Waals surface area contributed by atoms with Gasteiger partial charge in [0.05, 0.1) is 6.61 Å². The summed E-state index contributed by atoms with van der Waals surface area (Å²) in [6, 6.07) is 12.6. The standard InChI is InChI=1S/C14H11O2P/c15-17-16-9-12-8-7-11-4-1-3-10-5-2-6-13(12)14(10)11/h1-6,8H,7,9H2. The summed E-state index contributed by atoms with van der Waals surface area (Å²) in [5.41, 5.74) is 3.67. The van der Waals surface area contributed by atoms with Gasteiger partial charge in [-0.2, -0.15) is 0 Å². The van der Waals surface area contributed by atoms with Gasteiger partial charge in [-0.1, -0.05) is 42.5 Å². The Morgan fingerprint density at radius 3 is 2.82 bits per heavy atom. The van der Waals surface area contributed by atoms with Crippen molar-refractivity contribution in [3.8, 4) is 0 Å². The van der Waals surface area contributed by atoms with Gasteiger partial charge in [-0.15, -0.1) is 0 Å². The molecule has 2 nitrogen and oxygen atoms in total. The van der Waals surface area contributed by atoms with Crippen molar-refractivity contribution in [2.24, 2.45) is 0 Å². The topological polar surface area (TPSA) is 26.3 Å². The molecular weight excluding hydrogens is 231 g/mol. The van der Waals surface area contributed by atoms with Gasteiger partial charge in [0.1, 0.15) is 0 Å². The molecule has 1 aliphatic carbocycles. The van der Waals surface area contributed by atoms with Crippen molar-refractivity contribution < 1.29 is 9.09 Å². The molecule has 0 saturated carbocycles. The SMILES string of the molecule is O=POCC1=CCc2cccc3cccc1c23. The molecule has 0 atom stereocenters. The first-order valence-electron chi connectivity index (χ1n) is 5.55. The van der Waals surface area contributed by atoms with E-state index in [-0.39, 0.29) is 8.69 Å². The summed E-state index contributed by atoms with van der Waals surface area (Å²) in [5, 5.41) is 2.56. The van der Waals surface area contributed by atoms with Crippen molar-refractivity contribution in [3.05, 3.63) is 53.6 Å². The van der Waals surface area contributed by atoms with E-state index in [1.807, 2.05) is 0 Å². The monoisotopic (exact) mass is 242 g/mol. The molecule has 0 N–H and O–H groups in total. The third kappa shape index (κ3) is 1.80. The van der Waals surface area contributed by atoms with Crippen LogP contribution in [0.1, 0.15) is 11.1 Å². The summed E-state index contributed by atoms with van der Waals surface area (Å²) in [5.74, 6) is 0. The maximum absolute atomic E-state index is 10.4. The molecule has 3 heteroatoms. The van der Waals surface area contributed by atoms with Crippen LogP contribution in [0.3, 0.4) is 0 Å². The van der Waals surface area contributed by atoms with Gasteiger partial charge in [0.25, 0.3) is 0 Å². The Morgan fingerprint density at radius 1 is 1.18 bits per heavy atom. The lowest BCUT2D eigenvalue weighted by Gasteiger charge is -2.17. The Balaban J connectivity index is 2.17. The summed E-state index contributed by atoms with van der Waals surface area (Å²) in [6.07, 6.45) is 3.07. The smallest absolute Gasteiger partial charge is 0.290 e. The van der Waals surface area contributed by atoms with Gasteiger partial charge >= 0.3 is 8.69 Å². The molecule has 0 heterocycles. The van der Waals surface area contributed by atoms with Crippen LogP contribution in [-0.2, 0) is 15.5 Å². The Hall–Kier alpha value is -1.50. The first-order chi connectivity index (χ1) is 8.40. The average molecular weight is 242 g/mol. The van der Waals surface area contributed by atoms with E-state index in [2.05, 4.69) is 42.5 Å². The maximum atomic E-state index is 10.4. The largest absolute Gasteiger partial charge is 0.327 e. The van der Waals surface area contributed by atoms with Crippen LogP contribution in [0.4, 0.5) is 0 Å². The fourth-order valence-corrected chi connectivity index (χ4v) is 2.62. The van der Waals surface area contributed by atoms with E-state index in [4.69, 9.17) is 4.52 Å². The molecule has 0 radical (unpaired) electrons. The number of hydrogen-bond acceptors (Lipinski definition) is 2. The summed E-state index contributed by atoms with van der Waals surface area (Å²) in [6.45, 7) is 0.401. The van der Waals surface area contributed by atoms with Crippen LogP contribution < -0.4 is 0 Å². The van der Waals surface area contributed by atoms with E-state index in [0.717, 1.165) is 12.0 Å². The minimum Gasteiger partial charge on any atom is -0.290 e. The van der Waals surface area contributed by atoms with Crippen molar-refractivity contribution >= 4 is 25.0 Å². The zero-order valence-corrected chi connectivity index (χ0v) is 10.1. The lowest BCUT2D eigenvalue weighted by atomic mass is 9.88. The van der Waals surface area contributed by atoms with Crippen molar-refractivity contribution in [1.82, 2.24) is 0 Å². The van der Waals surface area contributed by atoms with Gasteiger partial charge in [0, 0.05) is 0 Å². The molecule has 17 heavy (non-hydrogen) atoms. The van der Waals surface area contributed by atoms with Crippen LogP contribution in [-0.4, -0.2) is 6.61 Å². The Labute approximate surface area is 101 Å². The first-order valence-corrected chi connectivity index (χ1v) is 6.28. The molecule has 0 unspecified atom stereocenters. The first kappa shape index (κ1) is 10.6. The normalized spacial score (nSPS) is 14.0. The van der Waals surface area contributed by atoms with Crippen LogP contribution in [0, 0.1) is 0 Å². The summed E-state index contributed by atoms with van der Waals surface area (Å²) in [4.78, 5) is 0. The highest BCUT2D eigenvalue weighted by molar-refractivity contribution is 7.17. The molecule has 3 rings (SSSR count).